The van der Waals surface area contributed by atoms with E-state index >= 15 is 0 Å². The van der Waals surface area contributed by atoms with Crippen molar-refractivity contribution in [1.29, 1.82) is 0 Å². The standard InChI is InChI=1S/C12H25NO/c1-3-6-11(2)9-13-8-5-4-7-12(13)10-14/h11-12,14H,3-10H2,1-2H3. The molecule has 1 N–H and O–H groups in total. The topological polar surface area (TPSA) is 23.5 Å². The van der Waals surface area contributed by atoms with E-state index in [1.165, 1.54) is 45.2 Å². The molecule has 1 aliphatic heterocycles. The Bertz CT molecular complexity index is 149. The van der Waals surface area contributed by atoms with Crippen molar-refractivity contribution in [2.75, 3.05) is 19.7 Å². The van der Waals surface area contributed by atoms with Crippen LogP contribution in [0.25, 0.3) is 0 Å². The molecular weight excluding hydrogens is 174 g/mol. The number of likely N-dealkylation sites (tertiary alicyclic amines) is 1. The molecule has 14 heavy (non-hydrogen) atoms. The Morgan fingerprint density at radius 1 is 1.43 bits per heavy atom. The zero-order valence-electron chi connectivity index (χ0n) is 9.71. The Kier molecular flexibility index (Phi) is 5.49. The molecule has 1 aliphatic rings. The number of hydrogen-bond acceptors (Lipinski definition) is 2. The number of nitrogens with zero attached hydrogens (tertiary/aromatic N) is 1. The molecule has 2 atom stereocenters. The highest BCUT2D eigenvalue weighted by Gasteiger charge is 2.22. The fourth-order valence-electron chi connectivity index (χ4n) is 2.49. The lowest BCUT2D eigenvalue weighted by atomic mass is 9.99. The van der Waals surface area contributed by atoms with E-state index < -0.39 is 0 Å². The molecule has 0 bridgehead atoms. The van der Waals surface area contributed by atoms with Crippen LogP contribution in [0, 0.1) is 5.92 Å². The van der Waals surface area contributed by atoms with Gasteiger partial charge in [0.05, 0.1) is 6.61 Å². The van der Waals surface area contributed by atoms with Crippen molar-refractivity contribution >= 4 is 0 Å². The second-order valence-corrected chi connectivity index (χ2v) is 4.72. The van der Waals surface area contributed by atoms with Gasteiger partial charge in [0.15, 0.2) is 0 Å². The molecule has 0 radical (unpaired) electrons. The molecule has 1 rings (SSSR count). The monoisotopic (exact) mass is 199 g/mol. The second-order valence-electron chi connectivity index (χ2n) is 4.72. The normalized spacial score (nSPS) is 26.4. The highest BCUT2D eigenvalue weighted by molar-refractivity contribution is 4.77. The summed E-state index contributed by atoms with van der Waals surface area (Å²) in [6.07, 6.45) is 6.39. The van der Waals surface area contributed by atoms with E-state index in [4.69, 9.17) is 0 Å². The van der Waals surface area contributed by atoms with E-state index in [9.17, 15) is 5.11 Å². The van der Waals surface area contributed by atoms with E-state index in [0.29, 0.717) is 12.6 Å². The third kappa shape index (κ3) is 3.58. The van der Waals surface area contributed by atoms with Crippen LogP contribution in [0.3, 0.4) is 0 Å². The third-order valence-corrected chi connectivity index (χ3v) is 3.29. The average molecular weight is 199 g/mol. The summed E-state index contributed by atoms with van der Waals surface area (Å²) in [5.74, 6) is 0.784. The fraction of sp³-hybridized carbons (Fsp3) is 1.00. The molecule has 84 valence electrons. The molecule has 1 heterocycles. The molecule has 0 saturated carbocycles. The predicted octanol–water partition coefficient (Wildman–Crippen LogP) is 2.27. The number of rotatable bonds is 5. The maximum atomic E-state index is 9.26. The van der Waals surface area contributed by atoms with Crippen LogP contribution >= 0.6 is 0 Å². The summed E-state index contributed by atoms with van der Waals surface area (Å²) >= 11 is 0. The van der Waals surface area contributed by atoms with Gasteiger partial charge >= 0.3 is 0 Å². The van der Waals surface area contributed by atoms with E-state index in [1.54, 1.807) is 0 Å². The molecule has 1 fully saturated rings. The lowest BCUT2D eigenvalue weighted by Gasteiger charge is -2.36. The van der Waals surface area contributed by atoms with E-state index in [1.807, 2.05) is 0 Å². The Morgan fingerprint density at radius 2 is 2.21 bits per heavy atom. The maximum Gasteiger partial charge on any atom is 0.0586 e. The maximum absolute atomic E-state index is 9.26. The number of piperidine rings is 1. The van der Waals surface area contributed by atoms with E-state index in [0.717, 1.165) is 5.92 Å². The smallest absolute Gasteiger partial charge is 0.0586 e. The molecule has 2 heteroatoms. The van der Waals surface area contributed by atoms with Crippen molar-refractivity contribution in [2.24, 2.45) is 5.92 Å². The zero-order valence-corrected chi connectivity index (χ0v) is 9.71. The van der Waals surface area contributed by atoms with Crippen LogP contribution in [0.5, 0.6) is 0 Å². The minimum atomic E-state index is 0.346. The van der Waals surface area contributed by atoms with Gasteiger partial charge in [0.25, 0.3) is 0 Å². The summed E-state index contributed by atoms with van der Waals surface area (Å²) in [6.45, 7) is 7.29. The molecule has 0 aliphatic carbocycles. The van der Waals surface area contributed by atoms with Crippen LogP contribution in [-0.4, -0.2) is 35.7 Å². The van der Waals surface area contributed by atoms with Crippen LogP contribution in [0.1, 0.15) is 46.0 Å². The summed E-state index contributed by atoms with van der Waals surface area (Å²) in [7, 11) is 0. The predicted molar refractivity (Wildman–Crippen MR) is 60.4 cm³/mol. The first-order chi connectivity index (χ1) is 6.77. The van der Waals surface area contributed by atoms with Gasteiger partial charge in [-0.3, -0.25) is 4.90 Å². The summed E-state index contributed by atoms with van der Waals surface area (Å²) in [5.41, 5.74) is 0. The molecule has 1 saturated heterocycles. The molecule has 0 spiro atoms. The van der Waals surface area contributed by atoms with Crippen LogP contribution in [0.2, 0.25) is 0 Å². The highest BCUT2D eigenvalue weighted by Crippen LogP contribution is 2.19. The molecular formula is C12H25NO. The Morgan fingerprint density at radius 3 is 2.86 bits per heavy atom. The van der Waals surface area contributed by atoms with Crippen LogP contribution in [0.4, 0.5) is 0 Å². The SMILES string of the molecule is CCCC(C)CN1CCCCC1CO. The van der Waals surface area contributed by atoms with Gasteiger partial charge in [-0.15, -0.1) is 0 Å². The summed E-state index contributed by atoms with van der Waals surface area (Å²) in [6, 6.07) is 0.447. The van der Waals surface area contributed by atoms with Gasteiger partial charge < -0.3 is 5.11 Å². The quantitative estimate of drug-likeness (QED) is 0.734. The highest BCUT2D eigenvalue weighted by atomic mass is 16.3. The van der Waals surface area contributed by atoms with Gasteiger partial charge in [-0.25, -0.2) is 0 Å². The zero-order chi connectivity index (χ0) is 10.4. The second kappa shape index (κ2) is 6.41. The molecule has 2 unspecified atom stereocenters. The first-order valence-corrected chi connectivity index (χ1v) is 6.12. The number of hydrogen-bond donors (Lipinski definition) is 1. The van der Waals surface area contributed by atoms with Crippen molar-refractivity contribution in [3.05, 3.63) is 0 Å². The van der Waals surface area contributed by atoms with Crippen molar-refractivity contribution in [3.63, 3.8) is 0 Å². The Balaban J connectivity index is 2.32. The third-order valence-electron chi connectivity index (χ3n) is 3.29. The fourth-order valence-corrected chi connectivity index (χ4v) is 2.49. The first-order valence-electron chi connectivity index (χ1n) is 6.12. The van der Waals surface area contributed by atoms with Crippen LogP contribution in [-0.2, 0) is 0 Å². The van der Waals surface area contributed by atoms with Crippen LogP contribution in [0.15, 0.2) is 0 Å². The van der Waals surface area contributed by atoms with Gasteiger partial charge in [-0.1, -0.05) is 26.7 Å². The largest absolute Gasteiger partial charge is 0.395 e. The lowest BCUT2D eigenvalue weighted by Crippen LogP contribution is -2.43. The van der Waals surface area contributed by atoms with Gasteiger partial charge in [0.1, 0.15) is 0 Å². The van der Waals surface area contributed by atoms with Crippen molar-refractivity contribution in [3.8, 4) is 0 Å². The molecule has 0 aromatic carbocycles. The van der Waals surface area contributed by atoms with Gasteiger partial charge in [0.2, 0.25) is 0 Å². The number of aliphatic hydroxyl groups excluding tert-OH is 1. The van der Waals surface area contributed by atoms with E-state index in [2.05, 4.69) is 18.7 Å². The lowest BCUT2D eigenvalue weighted by molar-refractivity contribution is 0.0770. The van der Waals surface area contributed by atoms with Gasteiger partial charge in [-0.2, -0.15) is 0 Å². The van der Waals surface area contributed by atoms with Gasteiger partial charge in [0, 0.05) is 12.6 Å². The molecule has 0 aromatic rings. The van der Waals surface area contributed by atoms with E-state index in [-0.39, 0.29) is 0 Å². The molecule has 0 amide bonds. The Labute approximate surface area is 88.3 Å². The molecule has 2 nitrogen and oxygen atoms in total. The summed E-state index contributed by atoms with van der Waals surface area (Å²) in [5, 5.41) is 9.26. The van der Waals surface area contributed by atoms with Crippen molar-refractivity contribution in [1.82, 2.24) is 4.90 Å². The first kappa shape index (κ1) is 12.0. The minimum Gasteiger partial charge on any atom is -0.395 e. The average Bonchev–Trinajstić information content (AvgIpc) is 2.19. The summed E-state index contributed by atoms with van der Waals surface area (Å²) < 4.78 is 0. The van der Waals surface area contributed by atoms with Gasteiger partial charge in [-0.05, 0) is 31.7 Å². The molecule has 0 aromatic heterocycles. The minimum absolute atomic E-state index is 0.346. The van der Waals surface area contributed by atoms with Crippen LogP contribution < -0.4 is 0 Å². The summed E-state index contributed by atoms with van der Waals surface area (Å²) in [4.78, 5) is 2.49. The van der Waals surface area contributed by atoms with Crippen molar-refractivity contribution in [2.45, 2.75) is 52.0 Å². The Hall–Kier alpha value is -0.0800. The number of aliphatic hydroxyl groups is 1. The van der Waals surface area contributed by atoms with Crippen molar-refractivity contribution < 1.29 is 5.11 Å².